The molecule has 2 aliphatic carbocycles. The molecule has 11 nitrogen and oxygen atoms in total. The Labute approximate surface area is 272 Å². The first-order valence-electron chi connectivity index (χ1n) is 15.8. The topological polar surface area (TPSA) is 127 Å². The van der Waals surface area contributed by atoms with Gasteiger partial charge in [0.05, 0.1) is 37.6 Å². The Hall–Kier alpha value is -3.08. The van der Waals surface area contributed by atoms with Crippen LogP contribution in [0.4, 0.5) is 17.6 Å². The molecule has 0 spiro atoms. The fourth-order valence-electron chi connectivity index (χ4n) is 6.01. The number of hydrogen-bond acceptors (Lipinski definition) is 9. The number of pyridine rings is 1. The highest BCUT2D eigenvalue weighted by atomic mass is 32.2. The predicted molar refractivity (Wildman–Crippen MR) is 170 cm³/mol. The van der Waals surface area contributed by atoms with Gasteiger partial charge in [-0.3, -0.25) is 19.0 Å². The molecule has 0 saturated heterocycles. The van der Waals surface area contributed by atoms with Crippen molar-refractivity contribution in [1.82, 2.24) is 19.5 Å². The van der Waals surface area contributed by atoms with Crippen LogP contribution in [0.25, 0.3) is 5.57 Å². The molecule has 1 aliphatic heterocycles. The van der Waals surface area contributed by atoms with Crippen molar-refractivity contribution in [3.8, 4) is 0 Å². The number of hydrogen-bond donors (Lipinski definition) is 2. The summed E-state index contributed by atoms with van der Waals surface area (Å²) in [6.45, 7) is 6.95. The number of methoxy groups -OCH3 is 2. The number of allylic oxidation sites excluding steroid dienone is 3. The van der Waals surface area contributed by atoms with Crippen molar-refractivity contribution in [3.63, 3.8) is 0 Å². The molecule has 0 amide bonds. The smallest absolute Gasteiger partial charge is 0.383 e. The number of aromatic nitrogens is 1. The van der Waals surface area contributed by atoms with E-state index in [1.54, 1.807) is 24.9 Å². The van der Waals surface area contributed by atoms with Gasteiger partial charge in [0.15, 0.2) is 0 Å². The van der Waals surface area contributed by atoms with E-state index in [-0.39, 0.29) is 30.3 Å². The summed E-state index contributed by atoms with van der Waals surface area (Å²) in [5.41, 5.74) is 0.606. The van der Waals surface area contributed by atoms with Crippen molar-refractivity contribution in [2.24, 2.45) is 9.98 Å². The number of ether oxygens (including phenoxy) is 2. The number of fused-ring (bicyclic) bond motifs is 1. The van der Waals surface area contributed by atoms with Crippen LogP contribution < -0.4 is 26.3 Å². The van der Waals surface area contributed by atoms with Crippen molar-refractivity contribution in [1.29, 1.82) is 0 Å². The SMILES string of the molecule is COCCN(CCOC)C1CCC(NC2=NCc3cc(=C4C=C(F)C(NS(=O)(=O)CCC(F)(F)F)=CC4)c(=O)n(C(C)C)c3=N2)CC1. The van der Waals surface area contributed by atoms with Gasteiger partial charge in [0.1, 0.15) is 11.3 Å². The van der Waals surface area contributed by atoms with Gasteiger partial charge in [-0.1, -0.05) is 6.08 Å². The monoisotopic (exact) mass is 688 g/mol. The molecular formula is C31H44F4N6O5S. The summed E-state index contributed by atoms with van der Waals surface area (Å²) in [5.74, 6) is -1.77. The lowest BCUT2D eigenvalue weighted by Gasteiger charge is -2.37. The molecule has 1 saturated carbocycles. The fraction of sp³-hybridized carbons (Fsp3) is 0.645. The average molecular weight is 689 g/mol. The molecule has 1 fully saturated rings. The van der Waals surface area contributed by atoms with Gasteiger partial charge in [0, 0.05) is 56.2 Å². The molecule has 1 aromatic heterocycles. The largest absolute Gasteiger partial charge is 0.390 e. The van der Waals surface area contributed by atoms with Crippen LogP contribution in [0.5, 0.6) is 0 Å². The number of aliphatic imine (C=N–C) groups is 1. The van der Waals surface area contributed by atoms with E-state index >= 15 is 4.39 Å². The Morgan fingerprint density at radius 1 is 1.11 bits per heavy atom. The summed E-state index contributed by atoms with van der Waals surface area (Å²) in [5, 5.41) is 3.68. The van der Waals surface area contributed by atoms with Gasteiger partial charge < -0.3 is 14.8 Å². The zero-order valence-corrected chi connectivity index (χ0v) is 28.0. The van der Waals surface area contributed by atoms with E-state index in [0.29, 0.717) is 41.8 Å². The summed E-state index contributed by atoms with van der Waals surface area (Å²) in [7, 11) is -1.04. The number of alkyl halides is 3. The summed E-state index contributed by atoms with van der Waals surface area (Å²) in [4.78, 5) is 25.5. The van der Waals surface area contributed by atoms with Crippen LogP contribution in [0.1, 0.15) is 64.0 Å². The Kier molecular flexibility index (Phi) is 12.4. The van der Waals surface area contributed by atoms with Crippen LogP contribution in [0.2, 0.25) is 0 Å². The number of halogens is 4. The Morgan fingerprint density at radius 2 is 1.77 bits per heavy atom. The number of sulfonamides is 1. The minimum absolute atomic E-state index is 0.0130. The van der Waals surface area contributed by atoms with E-state index in [0.717, 1.165) is 44.8 Å². The number of guanidine groups is 1. The molecule has 4 rings (SSSR count). The van der Waals surface area contributed by atoms with Crippen molar-refractivity contribution in [2.45, 2.75) is 83.2 Å². The maximum absolute atomic E-state index is 15.0. The van der Waals surface area contributed by atoms with Gasteiger partial charge in [-0.05, 0) is 63.7 Å². The molecule has 3 aliphatic rings. The van der Waals surface area contributed by atoms with E-state index in [1.165, 1.54) is 6.08 Å². The van der Waals surface area contributed by atoms with E-state index in [2.05, 4.69) is 15.2 Å². The standard InChI is InChI=1S/C31H44F4N6O5S/c1-20(2)41-28-22(19-36-30(38-28)37-23-6-8-24(9-7-23)40(12-14-45-3)13-15-46-4)17-25(29(41)42)21-5-10-27(26(32)18-21)39-47(43,44)16-11-31(33,34)35/h10,17-18,20,23-24,39H,5-9,11-16,19H2,1-4H3,(H,36,37). The highest BCUT2D eigenvalue weighted by Gasteiger charge is 2.31. The summed E-state index contributed by atoms with van der Waals surface area (Å²) < 4.78 is 90.7. The molecular weight excluding hydrogens is 644 g/mol. The fourth-order valence-corrected chi connectivity index (χ4v) is 7.13. The second-order valence-electron chi connectivity index (χ2n) is 12.2. The highest BCUT2D eigenvalue weighted by molar-refractivity contribution is 7.89. The maximum Gasteiger partial charge on any atom is 0.390 e. The molecule has 0 aromatic carbocycles. The molecule has 0 unspecified atom stereocenters. The molecule has 16 heteroatoms. The van der Waals surface area contributed by atoms with E-state index in [4.69, 9.17) is 14.5 Å². The molecule has 2 N–H and O–H groups in total. The lowest BCUT2D eigenvalue weighted by atomic mass is 9.90. The Bertz CT molecular complexity index is 1650. The number of nitrogens with one attached hydrogen (secondary N) is 2. The van der Waals surface area contributed by atoms with Gasteiger partial charge in [-0.25, -0.2) is 17.8 Å². The van der Waals surface area contributed by atoms with Crippen LogP contribution in [0.3, 0.4) is 0 Å². The zero-order chi connectivity index (χ0) is 34.4. The minimum Gasteiger partial charge on any atom is -0.383 e. The molecule has 0 radical (unpaired) electrons. The summed E-state index contributed by atoms with van der Waals surface area (Å²) in [6.07, 6.45) is -0.123. The molecule has 0 bridgehead atoms. The Morgan fingerprint density at radius 3 is 2.34 bits per heavy atom. The Balaban J connectivity index is 1.51. The van der Waals surface area contributed by atoms with Gasteiger partial charge in [0.25, 0.3) is 5.56 Å². The van der Waals surface area contributed by atoms with Crippen LogP contribution >= 0.6 is 0 Å². The molecule has 47 heavy (non-hydrogen) atoms. The first kappa shape index (κ1) is 36.8. The molecule has 2 heterocycles. The van der Waals surface area contributed by atoms with Crippen molar-refractivity contribution in [3.05, 3.63) is 56.4 Å². The van der Waals surface area contributed by atoms with Crippen molar-refractivity contribution >= 4 is 21.6 Å². The second kappa shape index (κ2) is 15.9. The average Bonchev–Trinajstić information content (AvgIpc) is 3.01. The summed E-state index contributed by atoms with van der Waals surface area (Å²) >= 11 is 0. The van der Waals surface area contributed by atoms with Crippen LogP contribution in [0.15, 0.2) is 44.5 Å². The summed E-state index contributed by atoms with van der Waals surface area (Å²) in [6, 6.07) is 1.96. The maximum atomic E-state index is 15.0. The second-order valence-corrected chi connectivity index (χ2v) is 14.1. The third kappa shape index (κ3) is 9.97. The first-order valence-corrected chi connectivity index (χ1v) is 17.4. The van der Waals surface area contributed by atoms with Crippen LogP contribution in [-0.4, -0.2) is 88.4 Å². The third-order valence-corrected chi connectivity index (χ3v) is 9.74. The number of rotatable bonds is 13. The van der Waals surface area contributed by atoms with E-state index in [9.17, 15) is 26.4 Å². The van der Waals surface area contributed by atoms with Gasteiger partial charge in [-0.15, -0.1) is 0 Å². The minimum atomic E-state index is -4.67. The predicted octanol–water partition coefficient (Wildman–Crippen LogP) is 2.58. The quantitative estimate of drug-likeness (QED) is 0.305. The van der Waals surface area contributed by atoms with Crippen molar-refractivity contribution < 1.29 is 35.5 Å². The molecule has 0 atom stereocenters. The lowest BCUT2D eigenvalue weighted by Crippen LogP contribution is -2.49. The van der Waals surface area contributed by atoms with Crippen molar-refractivity contribution in [2.75, 3.05) is 46.3 Å². The lowest BCUT2D eigenvalue weighted by molar-refractivity contribution is -0.129. The van der Waals surface area contributed by atoms with Gasteiger partial charge >= 0.3 is 6.18 Å². The van der Waals surface area contributed by atoms with Crippen LogP contribution in [-0.2, 0) is 26.0 Å². The van der Waals surface area contributed by atoms with E-state index < -0.39 is 45.5 Å². The normalized spacial score (nSPS) is 21.5. The number of nitrogens with zero attached hydrogens (tertiary/aromatic N) is 4. The zero-order valence-electron chi connectivity index (χ0n) is 27.2. The molecule has 262 valence electrons. The molecule has 1 aromatic rings. The van der Waals surface area contributed by atoms with Crippen LogP contribution in [0, 0.1) is 0 Å². The first-order chi connectivity index (χ1) is 22.2. The van der Waals surface area contributed by atoms with Gasteiger partial charge in [0.2, 0.25) is 16.0 Å². The highest BCUT2D eigenvalue weighted by Crippen LogP contribution is 2.25. The third-order valence-electron chi connectivity index (χ3n) is 8.47. The van der Waals surface area contributed by atoms with E-state index in [1.807, 2.05) is 18.6 Å². The van der Waals surface area contributed by atoms with Gasteiger partial charge in [-0.2, -0.15) is 18.2 Å².